The first kappa shape index (κ1) is 14.7. The molecule has 1 N–H and O–H groups in total. The summed E-state index contributed by atoms with van der Waals surface area (Å²) in [5.41, 5.74) is 1.90. The highest BCUT2D eigenvalue weighted by atomic mass is 79.9. The number of hydrogen-bond acceptors (Lipinski definition) is 2. The van der Waals surface area contributed by atoms with Crippen LogP contribution >= 0.6 is 15.9 Å². The zero-order valence-corrected chi connectivity index (χ0v) is 12.9. The summed E-state index contributed by atoms with van der Waals surface area (Å²) in [6, 6.07) is 4.84. The Morgan fingerprint density at radius 3 is 2.55 bits per heavy atom. The highest BCUT2D eigenvalue weighted by Gasteiger charge is 2.17. The van der Waals surface area contributed by atoms with Gasteiger partial charge >= 0.3 is 5.97 Å². The van der Waals surface area contributed by atoms with Gasteiger partial charge in [-0.25, -0.2) is 9.18 Å². The van der Waals surface area contributed by atoms with Gasteiger partial charge in [-0.05, 0) is 45.6 Å². The molecule has 0 amide bonds. The minimum atomic E-state index is -1.09. The summed E-state index contributed by atoms with van der Waals surface area (Å²) < 4.78 is 15.9. The Kier molecular flexibility index (Phi) is 3.94. The van der Waals surface area contributed by atoms with E-state index in [1.807, 2.05) is 13.8 Å². The maximum Gasteiger partial charge on any atom is 0.356 e. The lowest BCUT2D eigenvalue weighted by Crippen LogP contribution is -2.00. The zero-order valence-electron chi connectivity index (χ0n) is 11.3. The van der Waals surface area contributed by atoms with Gasteiger partial charge in [0, 0.05) is 12.6 Å². The molecule has 0 spiro atoms. The molecule has 0 saturated carbocycles. The van der Waals surface area contributed by atoms with E-state index in [1.165, 1.54) is 10.7 Å². The minimum Gasteiger partial charge on any atom is -0.476 e. The van der Waals surface area contributed by atoms with Crippen LogP contribution in [0.1, 0.15) is 35.8 Å². The van der Waals surface area contributed by atoms with E-state index in [2.05, 4.69) is 21.0 Å². The predicted molar refractivity (Wildman–Crippen MR) is 77.4 cm³/mol. The fraction of sp³-hybridized carbons (Fsp3) is 0.286. The van der Waals surface area contributed by atoms with Gasteiger partial charge in [0.15, 0.2) is 5.69 Å². The minimum absolute atomic E-state index is 0.0263. The van der Waals surface area contributed by atoms with Crippen LogP contribution in [0.3, 0.4) is 0 Å². The summed E-state index contributed by atoms with van der Waals surface area (Å²) in [6.07, 6.45) is 0. The molecule has 106 valence electrons. The third kappa shape index (κ3) is 2.60. The fourth-order valence-electron chi connectivity index (χ4n) is 2.02. The van der Waals surface area contributed by atoms with Crippen LogP contribution in [0.4, 0.5) is 4.39 Å². The summed E-state index contributed by atoms with van der Waals surface area (Å²) in [7, 11) is 1.66. The molecule has 0 saturated heterocycles. The Labute approximate surface area is 124 Å². The summed E-state index contributed by atoms with van der Waals surface area (Å²) in [5.74, 6) is -1.35. The van der Waals surface area contributed by atoms with Gasteiger partial charge in [-0.2, -0.15) is 5.10 Å². The Hall–Kier alpha value is -1.69. The van der Waals surface area contributed by atoms with E-state index in [0.29, 0.717) is 15.7 Å². The highest BCUT2D eigenvalue weighted by molar-refractivity contribution is 9.10. The van der Waals surface area contributed by atoms with Gasteiger partial charge in [0.2, 0.25) is 0 Å². The molecule has 2 rings (SSSR count). The molecule has 4 nitrogen and oxygen atoms in total. The van der Waals surface area contributed by atoms with Crippen molar-refractivity contribution in [3.05, 3.63) is 39.7 Å². The molecule has 0 aliphatic heterocycles. The normalized spacial score (nSPS) is 11.1. The van der Waals surface area contributed by atoms with Gasteiger partial charge in [0.05, 0.1) is 10.2 Å². The van der Waals surface area contributed by atoms with Crippen LogP contribution in [0.25, 0.3) is 11.3 Å². The standard InChI is InChI=1S/C14H14BrFN2O2/c1-7(2)9-4-8(5-10(15)13(9)16)12-6-11(14(19)20)17-18(12)3/h4-7H,1-3H3,(H,19,20). The Bertz CT molecular complexity index is 680. The van der Waals surface area contributed by atoms with E-state index >= 15 is 0 Å². The number of carbonyl (C=O) groups is 1. The second-order valence-corrected chi connectivity index (χ2v) is 5.71. The van der Waals surface area contributed by atoms with Gasteiger partial charge in [-0.1, -0.05) is 13.8 Å². The molecule has 6 heteroatoms. The van der Waals surface area contributed by atoms with Gasteiger partial charge in [-0.15, -0.1) is 0 Å². The van der Waals surface area contributed by atoms with Crippen molar-refractivity contribution in [1.82, 2.24) is 9.78 Å². The third-order valence-electron chi connectivity index (χ3n) is 3.07. The molecule has 1 aromatic heterocycles. The molecule has 0 fully saturated rings. The number of nitrogens with zero attached hydrogens (tertiary/aromatic N) is 2. The van der Waals surface area contributed by atoms with Crippen LogP contribution in [0.15, 0.2) is 22.7 Å². The molecule has 0 aliphatic rings. The first-order valence-corrected chi connectivity index (χ1v) is 6.87. The number of carboxylic acid groups (broad SMARTS) is 1. The van der Waals surface area contributed by atoms with Crippen molar-refractivity contribution in [2.24, 2.45) is 7.05 Å². The SMILES string of the molecule is CC(C)c1cc(-c2cc(C(=O)O)nn2C)cc(Br)c1F. The smallest absolute Gasteiger partial charge is 0.356 e. The largest absolute Gasteiger partial charge is 0.476 e. The van der Waals surface area contributed by atoms with Crippen molar-refractivity contribution in [3.8, 4) is 11.3 Å². The van der Waals surface area contributed by atoms with Gasteiger partial charge in [0.1, 0.15) is 5.82 Å². The molecule has 0 aliphatic carbocycles. The number of benzene rings is 1. The lowest BCUT2D eigenvalue weighted by atomic mass is 9.99. The number of aryl methyl sites for hydroxylation is 1. The van der Waals surface area contributed by atoms with E-state index < -0.39 is 5.97 Å². The van der Waals surface area contributed by atoms with E-state index in [-0.39, 0.29) is 17.4 Å². The molecular weight excluding hydrogens is 327 g/mol. The van der Waals surface area contributed by atoms with Crippen molar-refractivity contribution < 1.29 is 14.3 Å². The van der Waals surface area contributed by atoms with Crippen molar-refractivity contribution >= 4 is 21.9 Å². The second kappa shape index (κ2) is 5.36. The molecular formula is C14H14BrFN2O2. The van der Waals surface area contributed by atoms with Gasteiger partial charge in [0.25, 0.3) is 0 Å². The summed E-state index contributed by atoms with van der Waals surface area (Å²) in [4.78, 5) is 10.9. The Morgan fingerprint density at radius 2 is 2.05 bits per heavy atom. The maximum atomic E-state index is 14.0. The number of halogens is 2. The number of aromatic carboxylic acids is 1. The Balaban J connectivity index is 2.61. The van der Waals surface area contributed by atoms with Crippen molar-refractivity contribution in [2.45, 2.75) is 19.8 Å². The van der Waals surface area contributed by atoms with Gasteiger partial charge in [-0.3, -0.25) is 4.68 Å². The second-order valence-electron chi connectivity index (χ2n) is 4.86. The number of carboxylic acids is 1. The lowest BCUT2D eigenvalue weighted by molar-refractivity contribution is 0.0689. The van der Waals surface area contributed by atoms with E-state index in [4.69, 9.17) is 5.11 Å². The van der Waals surface area contributed by atoms with Crippen molar-refractivity contribution in [3.63, 3.8) is 0 Å². The number of hydrogen-bond donors (Lipinski definition) is 1. The average Bonchev–Trinajstić information content (AvgIpc) is 2.74. The third-order valence-corrected chi connectivity index (χ3v) is 3.65. The molecule has 0 bridgehead atoms. The van der Waals surface area contributed by atoms with Crippen molar-refractivity contribution in [1.29, 1.82) is 0 Å². The lowest BCUT2D eigenvalue weighted by Gasteiger charge is -2.11. The summed E-state index contributed by atoms with van der Waals surface area (Å²) >= 11 is 3.20. The average molecular weight is 341 g/mol. The quantitative estimate of drug-likeness (QED) is 0.924. The predicted octanol–water partition coefficient (Wildman–Crippen LogP) is 3.81. The fourth-order valence-corrected chi connectivity index (χ4v) is 2.50. The molecule has 0 atom stereocenters. The van der Waals surface area contributed by atoms with E-state index in [0.717, 1.165) is 5.56 Å². The summed E-state index contributed by atoms with van der Waals surface area (Å²) in [5, 5.41) is 12.9. The molecule has 0 unspecified atom stereocenters. The molecule has 1 heterocycles. The van der Waals surface area contributed by atoms with Crippen LogP contribution in [0.2, 0.25) is 0 Å². The molecule has 0 radical (unpaired) electrons. The van der Waals surface area contributed by atoms with E-state index in [1.54, 1.807) is 19.2 Å². The van der Waals surface area contributed by atoms with Crippen molar-refractivity contribution in [2.75, 3.05) is 0 Å². The maximum absolute atomic E-state index is 14.0. The van der Waals surface area contributed by atoms with Crippen LogP contribution < -0.4 is 0 Å². The molecule has 20 heavy (non-hydrogen) atoms. The van der Waals surface area contributed by atoms with Crippen LogP contribution in [0, 0.1) is 5.82 Å². The summed E-state index contributed by atoms with van der Waals surface area (Å²) in [6.45, 7) is 3.81. The topological polar surface area (TPSA) is 55.1 Å². The number of rotatable bonds is 3. The number of aromatic nitrogens is 2. The van der Waals surface area contributed by atoms with Crippen LogP contribution in [-0.2, 0) is 7.05 Å². The van der Waals surface area contributed by atoms with E-state index in [9.17, 15) is 9.18 Å². The zero-order chi connectivity index (χ0) is 15.0. The van der Waals surface area contributed by atoms with Crippen LogP contribution in [0.5, 0.6) is 0 Å². The monoisotopic (exact) mass is 340 g/mol. The molecule has 2 aromatic rings. The first-order valence-electron chi connectivity index (χ1n) is 6.08. The molecule has 1 aromatic carbocycles. The highest BCUT2D eigenvalue weighted by Crippen LogP contribution is 2.31. The first-order chi connectivity index (χ1) is 9.31. The Morgan fingerprint density at radius 1 is 1.40 bits per heavy atom. The van der Waals surface area contributed by atoms with Gasteiger partial charge < -0.3 is 5.11 Å². The van der Waals surface area contributed by atoms with Crippen LogP contribution in [-0.4, -0.2) is 20.9 Å².